The number of ether oxygens (including phenoxy) is 1. The number of hydrogen-bond donors (Lipinski definition) is 0. The molecule has 10 aromatic carbocycles. The van der Waals surface area contributed by atoms with Gasteiger partial charge in [0.2, 0.25) is 0 Å². The van der Waals surface area contributed by atoms with Crippen LogP contribution in [0.15, 0.2) is 231 Å². The number of para-hydroxylation sites is 2. The largest absolute Gasteiger partial charge is 0.448 e. The molecule has 0 amide bonds. The molecule has 0 aromatic heterocycles. The minimum Gasteiger partial charge on any atom is -0.448 e. The van der Waals surface area contributed by atoms with Crippen LogP contribution in [0.2, 0.25) is 0 Å². The van der Waals surface area contributed by atoms with E-state index in [9.17, 15) is 105 Å². The van der Waals surface area contributed by atoms with Crippen molar-refractivity contribution >= 4 is 83.6 Å². The standard InChI is InChI=1S/C39H32OP2.C32H12BF24.C18H33P.Rh/c1-39(2)33-25-15-27-35(41(29-17-7-3-8-18-29)30-19-9-4-10-20-30)37(33)40-38-34(39)26-16-28-36(38)42(31-21-11-5-12-22-31)32-23-13-6-14-24-32;34-25(35,36)13-1-14(26(37,38)39)6-21(5-13)33(22-7-15(27(40,41)42)2-16(8-22)28(43,44)45,23-9-17(29(46,47)48)3-18(10-23)30(49,50)51)24-11-19(31(52,53)54)4-20(12-24)32(55,56)57;1-4-10-16(11-5-1)19(17-12-6-2-7-13-17)18-14-8-3-9-15-18;/h3-28H,1-2H3;1-12H;16-18H,1-15H2;/q;-1;;/p+3. The van der Waals surface area contributed by atoms with Gasteiger partial charge < -0.3 is 4.74 Å². The van der Waals surface area contributed by atoms with Gasteiger partial charge >= 0.3 is 49.4 Å². The van der Waals surface area contributed by atoms with Crippen LogP contribution < -0.4 is 58.4 Å². The average molecular weight is 1830 g/mol. The van der Waals surface area contributed by atoms with E-state index in [1.165, 1.54) is 59.9 Å². The second kappa shape index (κ2) is 36.4. The molecule has 14 rings (SSSR count). The van der Waals surface area contributed by atoms with Gasteiger partial charge in [-0.3, -0.25) is 0 Å². The summed E-state index contributed by atoms with van der Waals surface area (Å²) in [5.74, 6) is 2.07. The Morgan fingerprint density at radius 1 is 0.269 bits per heavy atom. The molecular weight excluding hydrogens is 1750 g/mol. The van der Waals surface area contributed by atoms with E-state index in [0.717, 1.165) is 11.5 Å². The van der Waals surface area contributed by atoms with Crippen LogP contribution in [0.25, 0.3) is 0 Å². The van der Waals surface area contributed by atoms with Crippen LogP contribution in [0.1, 0.15) is 166 Å². The molecule has 1 nitrogen and oxygen atoms in total. The van der Waals surface area contributed by atoms with Gasteiger partial charge in [0.15, 0.2) is 11.5 Å². The van der Waals surface area contributed by atoms with Crippen LogP contribution in [-0.2, 0) is 74.3 Å². The Balaban J connectivity index is 0.000000194. The quantitative estimate of drug-likeness (QED) is 0.0635. The number of benzene rings is 10. The summed E-state index contributed by atoms with van der Waals surface area (Å²) in [5.41, 5.74) is -24.2. The number of rotatable bonds is 13. The van der Waals surface area contributed by atoms with E-state index < -0.39 is 211 Å². The van der Waals surface area contributed by atoms with Crippen LogP contribution >= 0.6 is 23.8 Å². The maximum Gasteiger partial charge on any atom is 0.416 e. The van der Waals surface area contributed by atoms with E-state index in [0.29, 0.717) is 0 Å². The van der Waals surface area contributed by atoms with Gasteiger partial charge in [0, 0.05) is 43.9 Å². The van der Waals surface area contributed by atoms with Crippen LogP contribution in [0.5, 0.6) is 11.5 Å². The third-order valence-electron chi connectivity index (χ3n) is 23.0. The second-order valence-corrected chi connectivity index (χ2v) is 39.4. The minimum absolute atomic E-state index is 0. The Kier molecular flexibility index (Phi) is 28.1. The zero-order valence-electron chi connectivity index (χ0n) is 63.7. The molecule has 1 radical (unpaired) electrons. The van der Waals surface area contributed by atoms with Gasteiger partial charge in [-0.2, -0.15) is 127 Å². The summed E-state index contributed by atoms with van der Waals surface area (Å²) >= 11 is 0. The summed E-state index contributed by atoms with van der Waals surface area (Å²) in [4.78, 5) is 0. The number of alkyl halides is 24. The third kappa shape index (κ3) is 21.0. The molecule has 119 heavy (non-hydrogen) atoms. The van der Waals surface area contributed by atoms with Crippen molar-refractivity contribution in [3.63, 3.8) is 0 Å². The van der Waals surface area contributed by atoms with Crippen molar-refractivity contribution in [2.45, 2.75) is 182 Å². The van der Waals surface area contributed by atoms with Crippen molar-refractivity contribution in [2.24, 2.45) is 0 Å². The summed E-state index contributed by atoms with van der Waals surface area (Å²) < 4.78 is 348. The fraction of sp³-hybridized carbons (Fsp3) is 0.326. The van der Waals surface area contributed by atoms with E-state index in [1.807, 2.05) is 0 Å². The zero-order valence-corrected chi connectivity index (χ0v) is 68.3. The first-order valence-corrected chi connectivity index (χ1v) is 43.2. The van der Waals surface area contributed by atoms with Crippen LogP contribution in [-0.4, -0.2) is 23.1 Å². The monoisotopic (exact) mass is 1830 g/mol. The first kappa shape index (κ1) is 92.0. The molecule has 0 atom stereocenters. The molecule has 3 saturated carbocycles. The molecule has 0 saturated heterocycles. The molecule has 0 N–H and O–H groups in total. The van der Waals surface area contributed by atoms with Crippen LogP contribution in [0.3, 0.4) is 0 Å². The number of hydrogen-bond acceptors (Lipinski definition) is 1. The molecule has 635 valence electrons. The van der Waals surface area contributed by atoms with Crippen molar-refractivity contribution in [3.05, 3.63) is 286 Å². The van der Waals surface area contributed by atoms with E-state index in [2.05, 4.69) is 172 Å². The smallest absolute Gasteiger partial charge is 0.416 e. The molecular formula is C89H80BF24OP3Rh+2. The van der Waals surface area contributed by atoms with E-state index in [1.54, 1.807) is 96.3 Å². The SMILES string of the molecule is C1CCC([PH+](C2CCCCC2)C2CCCCC2)CC1.CC1(C)c2cccc([PH+](c3ccccc3)c3ccccc3)c2Oc2c([PH+](c3ccccc3)c3ccccc3)cccc21.FC(F)(F)c1cc([B-](c2cc(C(F)(F)F)cc(C(F)(F)F)c2)(c2cc(C(F)(F)F)cc(C(F)(F)F)c2)c2cc(C(F)(F)F)cc(C(F)(F)F)c2)cc(C(F)(F)F)c1.[Rh]. The molecule has 1 aliphatic heterocycles. The van der Waals surface area contributed by atoms with Gasteiger partial charge in [-0.1, -0.05) is 179 Å². The zero-order chi connectivity index (χ0) is 85.3. The molecule has 0 bridgehead atoms. The maximum absolute atomic E-state index is 14.2. The molecule has 4 aliphatic rings. The molecule has 0 spiro atoms. The second-order valence-electron chi connectivity index (χ2n) is 31.0. The summed E-state index contributed by atoms with van der Waals surface area (Å²) in [6, 6.07) is 48.7. The van der Waals surface area contributed by atoms with Gasteiger partial charge in [-0.05, 0) is 162 Å². The molecule has 10 aromatic rings. The van der Waals surface area contributed by atoms with E-state index in [-0.39, 0.29) is 32.8 Å². The van der Waals surface area contributed by atoms with E-state index >= 15 is 0 Å². The van der Waals surface area contributed by atoms with Gasteiger partial charge in [0.25, 0.3) is 0 Å². The summed E-state index contributed by atoms with van der Waals surface area (Å²) in [6.07, 6.45) is -31.0. The van der Waals surface area contributed by atoms with Gasteiger partial charge in [-0.25, -0.2) is 0 Å². The molecule has 1 heterocycles. The summed E-state index contributed by atoms with van der Waals surface area (Å²) in [5, 5.41) is 8.05. The predicted octanol–water partition coefficient (Wildman–Crippen LogP) is 24.5. The predicted molar refractivity (Wildman–Crippen MR) is 424 cm³/mol. The summed E-state index contributed by atoms with van der Waals surface area (Å²) in [7, 11) is -2.69. The normalized spacial score (nSPS) is 16.2. The third-order valence-corrected chi connectivity index (χ3v) is 33.1. The van der Waals surface area contributed by atoms with Crippen molar-refractivity contribution in [2.75, 3.05) is 0 Å². The van der Waals surface area contributed by atoms with Crippen LogP contribution in [0, 0.1) is 0 Å². The Morgan fingerprint density at radius 3 is 0.664 bits per heavy atom. The molecule has 30 heteroatoms. The van der Waals surface area contributed by atoms with Gasteiger partial charge in [-0.15, -0.1) is 0 Å². The van der Waals surface area contributed by atoms with Crippen molar-refractivity contribution in [1.29, 1.82) is 0 Å². The fourth-order valence-corrected chi connectivity index (χ4v) is 28.3. The van der Waals surface area contributed by atoms with Crippen molar-refractivity contribution in [1.82, 2.24) is 0 Å². The number of halogens is 24. The van der Waals surface area contributed by atoms with E-state index in [4.69, 9.17) is 4.74 Å². The van der Waals surface area contributed by atoms with Gasteiger partial charge in [0.1, 0.15) is 53.8 Å². The average Bonchev–Trinajstić information content (AvgIpc) is 0.673. The Hall–Kier alpha value is -7.70. The Bertz CT molecular complexity index is 4390. The summed E-state index contributed by atoms with van der Waals surface area (Å²) in [6.45, 7) is 4.71. The Labute approximate surface area is 689 Å². The maximum atomic E-state index is 14.2. The minimum atomic E-state index is -6.13. The first-order valence-electron chi connectivity index (χ1n) is 38.5. The topological polar surface area (TPSA) is 9.23 Å². The van der Waals surface area contributed by atoms with Gasteiger partial charge in [0.05, 0.1) is 61.5 Å². The molecule has 3 aliphatic carbocycles. The van der Waals surface area contributed by atoms with Crippen molar-refractivity contribution in [3.8, 4) is 11.5 Å². The molecule has 3 fully saturated rings. The fourth-order valence-electron chi connectivity index (χ4n) is 17.7. The van der Waals surface area contributed by atoms with Crippen LogP contribution in [0.4, 0.5) is 105 Å². The van der Waals surface area contributed by atoms with Crippen molar-refractivity contribution < 1.29 is 130 Å². The molecule has 0 unspecified atom stereocenters. The number of fused-ring (bicyclic) bond motifs is 2. The first-order chi connectivity index (χ1) is 55.3. The Morgan fingerprint density at radius 2 is 0.471 bits per heavy atom.